The van der Waals surface area contributed by atoms with Crippen LogP contribution in [0.5, 0.6) is 0 Å². The summed E-state index contributed by atoms with van der Waals surface area (Å²) in [6.45, 7) is 6.90. The van der Waals surface area contributed by atoms with Crippen molar-refractivity contribution in [1.82, 2.24) is 4.98 Å². The fraction of sp³-hybridized carbons (Fsp3) is 0.381. The van der Waals surface area contributed by atoms with E-state index in [2.05, 4.69) is 9.88 Å². The molecule has 0 radical (unpaired) electrons. The zero-order valence-corrected chi connectivity index (χ0v) is 16.3. The maximum absolute atomic E-state index is 12.5. The van der Waals surface area contributed by atoms with Gasteiger partial charge in [-0.25, -0.2) is 9.78 Å². The molecule has 0 saturated carbocycles. The minimum absolute atomic E-state index is 0.261. The number of carbonyl (C=O) groups is 2. The zero-order chi connectivity index (χ0) is 19.9. The van der Waals surface area contributed by atoms with Crippen LogP contribution < -0.4 is 9.80 Å². The highest BCUT2D eigenvalue weighted by Gasteiger charge is 2.19. The van der Waals surface area contributed by atoms with Crippen LogP contribution in [0.1, 0.15) is 22.8 Å². The normalized spacial score (nSPS) is 13.9. The van der Waals surface area contributed by atoms with Crippen LogP contribution in [0.4, 0.5) is 11.5 Å². The van der Waals surface area contributed by atoms with E-state index in [0.29, 0.717) is 25.3 Å². The third kappa shape index (κ3) is 4.67. The molecular weight excluding hydrogens is 358 g/mol. The number of anilines is 2. The van der Waals surface area contributed by atoms with Crippen molar-refractivity contribution in [2.75, 3.05) is 49.3 Å². The molecule has 0 spiro atoms. The lowest BCUT2D eigenvalue weighted by Gasteiger charge is -2.27. The van der Waals surface area contributed by atoms with E-state index in [9.17, 15) is 9.59 Å². The molecular formula is C21H25N3O4. The Morgan fingerprint density at radius 1 is 1.18 bits per heavy atom. The van der Waals surface area contributed by atoms with Crippen molar-refractivity contribution in [3.05, 3.63) is 53.7 Å². The topological polar surface area (TPSA) is 72.0 Å². The fourth-order valence-electron chi connectivity index (χ4n) is 3.12. The van der Waals surface area contributed by atoms with Gasteiger partial charge in [0.2, 0.25) is 0 Å². The Morgan fingerprint density at radius 3 is 2.57 bits per heavy atom. The van der Waals surface area contributed by atoms with Crippen LogP contribution >= 0.6 is 0 Å². The molecule has 7 nitrogen and oxygen atoms in total. The molecule has 1 fully saturated rings. The molecule has 1 saturated heterocycles. The predicted octanol–water partition coefficient (Wildman–Crippen LogP) is 2.44. The zero-order valence-electron chi connectivity index (χ0n) is 16.3. The number of ether oxygens (including phenoxy) is 2. The fourth-order valence-corrected chi connectivity index (χ4v) is 3.12. The van der Waals surface area contributed by atoms with Gasteiger partial charge in [0, 0.05) is 31.5 Å². The Labute approximate surface area is 164 Å². The molecule has 3 rings (SSSR count). The average molecular weight is 383 g/mol. The van der Waals surface area contributed by atoms with Crippen LogP contribution in [0.15, 0.2) is 42.6 Å². The summed E-state index contributed by atoms with van der Waals surface area (Å²) in [4.78, 5) is 32.9. The van der Waals surface area contributed by atoms with E-state index >= 15 is 0 Å². The number of aryl methyl sites for hydroxylation is 1. The number of likely N-dealkylation sites (N-methyl/N-ethyl adjacent to an activating group) is 1. The van der Waals surface area contributed by atoms with Gasteiger partial charge in [0.25, 0.3) is 5.91 Å². The first-order valence-corrected chi connectivity index (χ1v) is 9.42. The first kappa shape index (κ1) is 19.8. The number of para-hydroxylation sites is 1. The van der Waals surface area contributed by atoms with Crippen LogP contribution in [0, 0.1) is 6.92 Å². The van der Waals surface area contributed by atoms with Gasteiger partial charge in [0.15, 0.2) is 6.61 Å². The second-order valence-corrected chi connectivity index (χ2v) is 6.51. The number of amides is 1. The van der Waals surface area contributed by atoms with Gasteiger partial charge >= 0.3 is 5.97 Å². The number of hydrogen-bond donors (Lipinski definition) is 0. The maximum atomic E-state index is 12.5. The van der Waals surface area contributed by atoms with Crippen molar-refractivity contribution in [2.24, 2.45) is 0 Å². The summed E-state index contributed by atoms with van der Waals surface area (Å²) < 4.78 is 10.5. The Kier molecular flexibility index (Phi) is 6.60. The number of nitrogens with zero attached hydrogens (tertiary/aromatic N) is 3. The van der Waals surface area contributed by atoms with E-state index in [4.69, 9.17) is 9.47 Å². The lowest BCUT2D eigenvalue weighted by molar-refractivity contribution is -0.121. The number of aromatic nitrogens is 1. The number of morpholine rings is 1. The molecule has 1 aliphatic rings. The second kappa shape index (κ2) is 9.32. The highest BCUT2D eigenvalue weighted by atomic mass is 16.5. The standard InChI is InChI=1S/C21H25N3O4/c1-3-24(18-7-5-4-6-16(18)2)20(25)15-28-21(26)17-8-9-19(22-14-17)23-10-12-27-13-11-23/h4-9,14H,3,10-13,15H2,1-2H3. The Hall–Kier alpha value is -2.93. The van der Waals surface area contributed by atoms with Gasteiger partial charge in [0.05, 0.1) is 18.8 Å². The molecule has 1 amide bonds. The minimum Gasteiger partial charge on any atom is -0.452 e. The van der Waals surface area contributed by atoms with Crippen molar-refractivity contribution < 1.29 is 19.1 Å². The lowest BCUT2D eigenvalue weighted by Crippen LogP contribution is -2.36. The maximum Gasteiger partial charge on any atom is 0.340 e. The quantitative estimate of drug-likeness (QED) is 0.714. The Balaban J connectivity index is 1.58. The Bertz CT molecular complexity index is 817. The number of carbonyl (C=O) groups excluding carboxylic acids is 2. The molecule has 2 heterocycles. The number of rotatable bonds is 6. The highest BCUT2D eigenvalue weighted by Crippen LogP contribution is 2.19. The van der Waals surface area contributed by atoms with Gasteiger partial charge in [0.1, 0.15) is 5.82 Å². The van der Waals surface area contributed by atoms with Gasteiger partial charge in [-0.2, -0.15) is 0 Å². The van der Waals surface area contributed by atoms with Crippen molar-refractivity contribution in [3.8, 4) is 0 Å². The van der Waals surface area contributed by atoms with Gasteiger partial charge in [-0.3, -0.25) is 4.79 Å². The van der Waals surface area contributed by atoms with Crippen molar-refractivity contribution in [3.63, 3.8) is 0 Å². The average Bonchev–Trinajstić information content (AvgIpc) is 2.74. The summed E-state index contributed by atoms with van der Waals surface area (Å²) in [5, 5.41) is 0. The first-order valence-electron chi connectivity index (χ1n) is 9.42. The van der Waals surface area contributed by atoms with Gasteiger partial charge in [-0.05, 0) is 37.6 Å². The van der Waals surface area contributed by atoms with E-state index < -0.39 is 5.97 Å². The molecule has 28 heavy (non-hydrogen) atoms. The van der Waals surface area contributed by atoms with Gasteiger partial charge in [-0.1, -0.05) is 18.2 Å². The molecule has 0 bridgehead atoms. The molecule has 0 atom stereocenters. The third-order valence-electron chi connectivity index (χ3n) is 4.67. The van der Waals surface area contributed by atoms with E-state index in [1.807, 2.05) is 38.1 Å². The second-order valence-electron chi connectivity index (χ2n) is 6.51. The van der Waals surface area contributed by atoms with Crippen LogP contribution in [-0.4, -0.2) is 56.3 Å². The van der Waals surface area contributed by atoms with Crippen LogP contribution in [-0.2, 0) is 14.3 Å². The molecule has 0 unspecified atom stereocenters. The third-order valence-corrected chi connectivity index (χ3v) is 4.67. The van der Waals surface area contributed by atoms with E-state index in [1.165, 1.54) is 6.20 Å². The van der Waals surface area contributed by atoms with Crippen LogP contribution in [0.3, 0.4) is 0 Å². The number of benzene rings is 1. The van der Waals surface area contributed by atoms with Crippen LogP contribution in [0.2, 0.25) is 0 Å². The lowest BCUT2D eigenvalue weighted by atomic mass is 10.2. The molecule has 7 heteroatoms. The molecule has 1 aromatic heterocycles. The molecule has 1 aromatic carbocycles. The Morgan fingerprint density at radius 2 is 1.93 bits per heavy atom. The summed E-state index contributed by atoms with van der Waals surface area (Å²) in [5.41, 5.74) is 2.14. The van der Waals surface area contributed by atoms with Crippen molar-refractivity contribution >= 4 is 23.4 Å². The number of hydrogen-bond acceptors (Lipinski definition) is 6. The largest absolute Gasteiger partial charge is 0.452 e. The highest BCUT2D eigenvalue weighted by molar-refractivity contribution is 5.97. The molecule has 0 aliphatic carbocycles. The van der Waals surface area contributed by atoms with E-state index in [-0.39, 0.29) is 12.5 Å². The summed E-state index contributed by atoms with van der Waals surface area (Å²) in [6.07, 6.45) is 1.48. The first-order chi connectivity index (χ1) is 13.6. The monoisotopic (exact) mass is 383 g/mol. The molecule has 0 N–H and O–H groups in total. The van der Waals surface area contributed by atoms with Crippen molar-refractivity contribution in [1.29, 1.82) is 0 Å². The van der Waals surface area contributed by atoms with Gasteiger partial charge < -0.3 is 19.3 Å². The minimum atomic E-state index is -0.560. The molecule has 2 aromatic rings. The van der Waals surface area contributed by atoms with Gasteiger partial charge in [-0.15, -0.1) is 0 Å². The SMILES string of the molecule is CCN(C(=O)COC(=O)c1ccc(N2CCOCC2)nc1)c1ccccc1C. The van der Waals surface area contributed by atoms with E-state index in [1.54, 1.807) is 17.0 Å². The molecule has 148 valence electrons. The predicted molar refractivity (Wildman–Crippen MR) is 107 cm³/mol. The number of pyridine rings is 1. The summed E-state index contributed by atoms with van der Waals surface area (Å²) in [6, 6.07) is 11.1. The number of esters is 1. The summed E-state index contributed by atoms with van der Waals surface area (Å²) in [7, 11) is 0. The van der Waals surface area contributed by atoms with Crippen LogP contribution in [0.25, 0.3) is 0 Å². The summed E-state index contributed by atoms with van der Waals surface area (Å²) >= 11 is 0. The van der Waals surface area contributed by atoms with Crippen molar-refractivity contribution in [2.45, 2.75) is 13.8 Å². The smallest absolute Gasteiger partial charge is 0.340 e. The van der Waals surface area contributed by atoms with E-state index in [0.717, 1.165) is 30.2 Å². The summed E-state index contributed by atoms with van der Waals surface area (Å²) in [5.74, 6) is -0.0223. The molecule has 1 aliphatic heterocycles.